The molecule has 0 spiro atoms. The van der Waals surface area contributed by atoms with Crippen LogP contribution in [0.2, 0.25) is 10.0 Å². The number of amides is 1. The number of sulfonamides is 1. The summed E-state index contributed by atoms with van der Waals surface area (Å²) in [4.78, 5) is 23.7. The molecule has 2 aromatic carbocycles. The molecule has 1 amide bonds. The van der Waals surface area contributed by atoms with E-state index in [1.54, 1.807) is 4.90 Å². The molecule has 0 N–H and O–H groups in total. The van der Waals surface area contributed by atoms with Crippen LogP contribution in [0.15, 0.2) is 64.1 Å². The van der Waals surface area contributed by atoms with Crippen LogP contribution in [0.3, 0.4) is 0 Å². The second-order valence-electron chi connectivity index (χ2n) is 10.3. The van der Waals surface area contributed by atoms with E-state index < -0.39 is 15.6 Å². The van der Waals surface area contributed by atoms with Gasteiger partial charge in [0.2, 0.25) is 10.0 Å². The second-order valence-corrected chi connectivity index (χ2v) is 14.1. The fraction of sp³-hybridized carbons (Fsp3) is 0.407. The molecule has 3 heterocycles. The number of carbonyl (C=O) groups is 1. The highest BCUT2D eigenvalue weighted by molar-refractivity contribution is 8.18. The molecule has 0 saturated carbocycles. The molecule has 0 unspecified atom stereocenters. The lowest BCUT2D eigenvalue weighted by Crippen LogP contribution is -2.50. The maximum absolute atomic E-state index is 13.8. The van der Waals surface area contributed by atoms with E-state index in [0.29, 0.717) is 41.1 Å². The van der Waals surface area contributed by atoms with Gasteiger partial charge in [0.25, 0.3) is 5.91 Å². The Balaban J connectivity index is 1.55. The Morgan fingerprint density at radius 3 is 2.08 bits per heavy atom. The number of thioether (sulfide) groups is 1. The predicted molar refractivity (Wildman–Crippen MR) is 155 cm³/mol. The number of carbonyl (C=O) groups excluding carboxylic acids is 1. The van der Waals surface area contributed by atoms with Gasteiger partial charge in [-0.1, -0.05) is 61.3 Å². The van der Waals surface area contributed by atoms with Crippen LogP contribution >= 0.6 is 35.0 Å². The van der Waals surface area contributed by atoms with Gasteiger partial charge >= 0.3 is 0 Å². The van der Waals surface area contributed by atoms with Gasteiger partial charge in [-0.2, -0.15) is 4.31 Å². The molecule has 38 heavy (non-hydrogen) atoms. The third-order valence-electron chi connectivity index (χ3n) is 7.36. The molecule has 1 fully saturated rings. The van der Waals surface area contributed by atoms with E-state index in [9.17, 15) is 13.2 Å². The number of nitrogens with zero attached hydrogens (tertiary/aromatic N) is 4. The van der Waals surface area contributed by atoms with Crippen LogP contribution in [0.5, 0.6) is 0 Å². The zero-order valence-electron chi connectivity index (χ0n) is 21.7. The van der Waals surface area contributed by atoms with Crippen LogP contribution in [0, 0.1) is 5.92 Å². The van der Waals surface area contributed by atoms with Gasteiger partial charge in [-0.05, 0) is 60.0 Å². The van der Waals surface area contributed by atoms with E-state index in [4.69, 9.17) is 28.2 Å². The van der Waals surface area contributed by atoms with Crippen LogP contribution in [-0.2, 0) is 20.4 Å². The first-order chi connectivity index (χ1) is 17.9. The minimum absolute atomic E-state index is 0.0498. The third kappa shape index (κ3) is 4.88. The van der Waals surface area contributed by atoms with E-state index in [1.165, 1.54) is 22.3 Å². The van der Waals surface area contributed by atoms with Crippen LogP contribution in [0.1, 0.15) is 37.9 Å². The zero-order chi connectivity index (χ0) is 27.4. The maximum Gasteiger partial charge on any atom is 0.262 e. The first-order valence-electron chi connectivity index (χ1n) is 12.5. The lowest BCUT2D eigenvalue weighted by Gasteiger charge is -2.37. The van der Waals surface area contributed by atoms with E-state index in [1.807, 2.05) is 48.5 Å². The number of hydrogen-bond acceptors (Lipinski definition) is 6. The van der Waals surface area contributed by atoms with Gasteiger partial charge < -0.3 is 9.80 Å². The average molecular weight is 594 g/mol. The molecule has 11 heteroatoms. The first kappa shape index (κ1) is 27.5. The van der Waals surface area contributed by atoms with Crippen molar-refractivity contribution >= 4 is 56.1 Å². The Bertz CT molecular complexity index is 1420. The van der Waals surface area contributed by atoms with E-state index in [0.717, 1.165) is 22.0 Å². The lowest BCUT2D eigenvalue weighted by atomic mass is 9.81. The molecule has 5 rings (SSSR count). The molecule has 2 atom stereocenters. The summed E-state index contributed by atoms with van der Waals surface area (Å²) in [5.41, 5.74) is 2.37. The van der Waals surface area contributed by atoms with Crippen molar-refractivity contribution in [3.05, 3.63) is 80.3 Å². The number of benzene rings is 2. The predicted octanol–water partition coefficient (Wildman–Crippen LogP) is 5.34. The summed E-state index contributed by atoms with van der Waals surface area (Å²) in [6.45, 7) is 7.60. The zero-order valence-corrected chi connectivity index (χ0v) is 24.8. The highest BCUT2D eigenvalue weighted by atomic mass is 35.5. The largest absolute Gasteiger partial charge is 0.335 e. The van der Waals surface area contributed by atoms with E-state index in [2.05, 4.69) is 25.7 Å². The van der Waals surface area contributed by atoms with Crippen molar-refractivity contribution in [2.45, 2.75) is 32.4 Å². The summed E-state index contributed by atoms with van der Waals surface area (Å²) in [6.07, 6.45) is 1.21. The Hall–Kier alpha value is -2.04. The average Bonchev–Trinajstić information content (AvgIpc) is 3.37. The van der Waals surface area contributed by atoms with Crippen molar-refractivity contribution in [2.24, 2.45) is 10.9 Å². The number of aliphatic imine (C=N–C) groups is 1. The van der Waals surface area contributed by atoms with Gasteiger partial charge in [-0.25, -0.2) is 13.4 Å². The van der Waals surface area contributed by atoms with Crippen LogP contribution in [0.25, 0.3) is 0 Å². The Morgan fingerprint density at radius 2 is 1.55 bits per heavy atom. The summed E-state index contributed by atoms with van der Waals surface area (Å²) in [5, 5.41) is 2.09. The molecule has 3 aliphatic rings. The number of amidine groups is 1. The number of piperazine rings is 1. The SMILES string of the molecule is CC(C)C1=C(C(=O)N2CCN(S(C)(=O)=O)CC2)SC2=N[C@@](C)(c3ccc(Cl)cc3)[C@@H](c3ccc(Cl)cc3)N21. The van der Waals surface area contributed by atoms with E-state index in [-0.39, 0.29) is 17.9 Å². The summed E-state index contributed by atoms with van der Waals surface area (Å²) in [5.74, 6) is -0.0270. The van der Waals surface area contributed by atoms with Gasteiger partial charge in [0.05, 0.1) is 12.3 Å². The van der Waals surface area contributed by atoms with Gasteiger partial charge in [-0.15, -0.1) is 0 Å². The molecule has 0 bridgehead atoms. The fourth-order valence-corrected chi connectivity index (χ4v) is 7.88. The van der Waals surface area contributed by atoms with Crippen LogP contribution < -0.4 is 0 Å². The Morgan fingerprint density at radius 1 is 1.00 bits per heavy atom. The standard InChI is InChI=1S/C27H30Cl2N4O3S2/c1-17(2)22-23(25(34)31-13-15-32(16-14-31)38(4,35)36)37-26-30-27(3,19-7-11-21(29)12-8-19)24(33(22)26)18-5-9-20(28)10-6-18/h5-12,17,24H,13-16H2,1-4H3/t24-,27+/m1/s1. The van der Waals surface area contributed by atoms with Gasteiger partial charge in [0.15, 0.2) is 5.17 Å². The molecule has 0 radical (unpaired) electrons. The molecule has 1 saturated heterocycles. The minimum Gasteiger partial charge on any atom is -0.335 e. The number of rotatable bonds is 5. The lowest BCUT2D eigenvalue weighted by molar-refractivity contribution is -0.127. The summed E-state index contributed by atoms with van der Waals surface area (Å²) in [7, 11) is -3.28. The van der Waals surface area contributed by atoms with Crippen molar-refractivity contribution in [3.63, 3.8) is 0 Å². The Labute approximate surface area is 238 Å². The summed E-state index contributed by atoms with van der Waals surface area (Å²) >= 11 is 13.9. The maximum atomic E-state index is 13.8. The minimum atomic E-state index is -3.28. The molecule has 7 nitrogen and oxygen atoms in total. The van der Waals surface area contributed by atoms with Crippen molar-refractivity contribution in [2.75, 3.05) is 32.4 Å². The molecule has 3 aliphatic heterocycles. The van der Waals surface area contributed by atoms with Crippen molar-refractivity contribution < 1.29 is 13.2 Å². The highest BCUT2D eigenvalue weighted by Crippen LogP contribution is 2.56. The normalized spacial score (nSPS) is 24.3. The molecule has 0 aromatic heterocycles. The van der Waals surface area contributed by atoms with Gasteiger partial charge in [0.1, 0.15) is 10.4 Å². The van der Waals surface area contributed by atoms with Gasteiger partial charge in [0, 0.05) is 41.9 Å². The quantitative estimate of drug-likeness (QED) is 0.468. The third-order valence-corrected chi connectivity index (χ3v) is 10.2. The molecular weight excluding hydrogens is 563 g/mol. The fourth-order valence-electron chi connectivity index (χ4n) is 5.43. The molecule has 0 aliphatic carbocycles. The van der Waals surface area contributed by atoms with Crippen molar-refractivity contribution in [3.8, 4) is 0 Å². The summed E-state index contributed by atoms with van der Waals surface area (Å²) < 4.78 is 25.3. The smallest absolute Gasteiger partial charge is 0.262 e. The highest BCUT2D eigenvalue weighted by Gasteiger charge is 2.53. The summed E-state index contributed by atoms with van der Waals surface area (Å²) in [6, 6.07) is 15.4. The number of fused-ring (bicyclic) bond motifs is 1. The topological polar surface area (TPSA) is 73.3 Å². The van der Waals surface area contributed by atoms with Crippen molar-refractivity contribution in [1.82, 2.24) is 14.1 Å². The molecular formula is C27H30Cl2N4O3S2. The Kier molecular flexibility index (Phi) is 7.37. The number of halogens is 2. The second kappa shape index (κ2) is 10.2. The van der Waals surface area contributed by atoms with Crippen LogP contribution in [0.4, 0.5) is 0 Å². The first-order valence-corrected chi connectivity index (χ1v) is 15.9. The monoisotopic (exact) mass is 592 g/mol. The number of hydrogen-bond donors (Lipinski definition) is 0. The molecule has 202 valence electrons. The molecule has 2 aromatic rings. The van der Waals surface area contributed by atoms with E-state index >= 15 is 0 Å². The van der Waals surface area contributed by atoms with Crippen molar-refractivity contribution in [1.29, 1.82) is 0 Å². The number of allylic oxidation sites excluding steroid dienone is 1. The van der Waals surface area contributed by atoms with Crippen LogP contribution in [-0.4, -0.2) is 66.0 Å². The van der Waals surface area contributed by atoms with Gasteiger partial charge in [-0.3, -0.25) is 4.79 Å².